The number of hydrogen-bond donors (Lipinski definition) is 0. The molecule has 0 saturated carbocycles. The summed E-state index contributed by atoms with van der Waals surface area (Å²) in [6.07, 6.45) is 31.7. The van der Waals surface area contributed by atoms with Crippen LogP contribution in [-0.2, 0) is 28.6 Å². The summed E-state index contributed by atoms with van der Waals surface area (Å²) in [4.78, 5) is 36.5. The quantitative estimate of drug-likeness (QED) is 0.0313. The van der Waals surface area contributed by atoms with E-state index in [-0.39, 0.29) is 42.7 Å². The van der Waals surface area contributed by atoms with Crippen LogP contribution in [0.25, 0.3) is 0 Å². The number of aliphatic carboxylic acids is 1. The van der Waals surface area contributed by atoms with Gasteiger partial charge in [0, 0.05) is 19.3 Å². The Labute approximate surface area is 287 Å². The smallest absolute Gasteiger partial charge is 0.306 e. The number of carbonyl (C=O) groups is 3. The van der Waals surface area contributed by atoms with Crippen LogP contribution in [0.15, 0.2) is 36.5 Å². The minimum atomic E-state index is -1.13. The second-order valence-electron chi connectivity index (χ2n) is 13.4. The Morgan fingerprint density at radius 1 is 0.660 bits per heavy atom. The molecule has 0 rings (SSSR count). The Bertz CT molecular complexity index is 875. The maximum atomic E-state index is 12.6. The van der Waals surface area contributed by atoms with Crippen LogP contribution < -0.4 is 5.11 Å². The summed E-state index contributed by atoms with van der Waals surface area (Å²) in [6, 6.07) is -0.725. The molecule has 2 unspecified atom stereocenters. The van der Waals surface area contributed by atoms with Crippen molar-refractivity contribution in [3.8, 4) is 0 Å². The molecule has 8 heteroatoms. The van der Waals surface area contributed by atoms with Gasteiger partial charge in [0.15, 0.2) is 6.10 Å². The highest BCUT2D eigenvalue weighted by Crippen LogP contribution is 2.13. The highest BCUT2D eigenvalue weighted by molar-refractivity contribution is 5.70. The minimum Gasteiger partial charge on any atom is -0.544 e. The van der Waals surface area contributed by atoms with Crippen LogP contribution in [0.4, 0.5) is 0 Å². The first kappa shape index (κ1) is 44.5. The molecule has 47 heavy (non-hydrogen) atoms. The van der Waals surface area contributed by atoms with E-state index < -0.39 is 18.1 Å². The van der Waals surface area contributed by atoms with E-state index in [0.717, 1.165) is 77.0 Å². The number of allylic oxidation sites excluding steroid dienone is 6. The van der Waals surface area contributed by atoms with Gasteiger partial charge >= 0.3 is 11.9 Å². The maximum Gasteiger partial charge on any atom is 0.306 e. The van der Waals surface area contributed by atoms with Crippen molar-refractivity contribution >= 4 is 17.9 Å². The molecule has 8 nitrogen and oxygen atoms in total. The van der Waals surface area contributed by atoms with Gasteiger partial charge in [-0.05, 0) is 44.9 Å². The summed E-state index contributed by atoms with van der Waals surface area (Å²) >= 11 is 0. The summed E-state index contributed by atoms with van der Waals surface area (Å²) < 4.78 is 17.0. The molecule has 0 aromatic carbocycles. The summed E-state index contributed by atoms with van der Waals surface area (Å²) in [5, 5.41) is 11.5. The molecule has 0 heterocycles. The Morgan fingerprint density at radius 2 is 1.19 bits per heavy atom. The average Bonchev–Trinajstić information content (AvgIpc) is 3.01. The first-order valence-electron chi connectivity index (χ1n) is 18.5. The lowest BCUT2D eigenvalue weighted by Crippen LogP contribution is -2.55. The first-order chi connectivity index (χ1) is 22.6. The number of nitrogens with zero attached hydrogens (tertiary/aromatic N) is 1. The van der Waals surface area contributed by atoms with Crippen LogP contribution in [0, 0.1) is 0 Å². The topological polar surface area (TPSA) is 102 Å². The predicted octanol–water partition coefficient (Wildman–Crippen LogP) is 7.79. The van der Waals surface area contributed by atoms with Gasteiger partial charge in [0.05, 0.1) is 40.3 Å². The fraction of sp³-hybridized carbons (Fsp3) is 0.769. The van der Waals surface area contributed by atoms with E-state index in [1.165, 1.54) is 32.1 Å². The van der Waals surface area contributed by atoms with Gasteiger partial charge in [-0.25, -0.2) is 0 Å². The van der Waals surface area contributed by atoms with E-state index in [0.29, 0.717) is 12.8 Å². The van der Waals surface area contributed by atoms with Crippen molar-refractivity contribution in [3.63, 3.8) is 0 Å². The van der Waals surface area contributed by atoms with E-state index in [9.17, 15) is 19.5 Å². The molecule has 0 bridgehead atoms. The standard InChI is InChI=1S/C39H69NO7/c1-6-8-10-12-14-16-17-18-19-20-21-22-24-26-28-30-38(42)47-35(33-45-32-31-36(39(43)44)40(3,4)5)34-46-37(41)29-27-25-23-15-13-11-9-7-2/h8,10,14,16,18-19,35-36H,6-7,9,11-13,15,17,20-34H2,1-5H3/b10-8-,16-14-,19-18-. The number of quaternary nitrogens is 1. The van der Waals surface area contributed by atoms with E-state index in [4.69, 9.17) is 14.2 Å². The summed E-state index contributed by atoms with van der Waals surface area (Å²) in [7, 11) is 5.38. The molecule has 0 aliphatic heterocycles. The number of rotatable bonds is 32. The first-order valence-corrected chi connectivity index (χ1v) is 18.5. The van der Waals surface area contributed by atoms with Gasteiger partial charge in [-0.2, -0.15) is 0 Å². The maximum absolute atomic E-state index is 12.6. The largest absolute Gasteiger partial charge is 0.544 e. The predicted molar refractivity (Wildman–Crippen MR) is 190 cm³/mol. The van der Waals surface area contributed by atoms with Crippen molar-refractivity contribution in [1.29, 1.82) is 0 Å². The van der Waals surface area contributed by atoms with E-state index >= 15 is 0 Å². The van der Waals surface area contributed by atoms with Gasteiger partial charge in [0.2, 0.25) is 0 Å². The number of carboxylic acids is 1. The summed E-state index contributed by atoms with van der Waals surface area (Å²) in [5.74, 6) is -1.77. The molecular weight excluding hydrogens is 594 g/mol. The fourth-order valence-corrected chi connectivity index (χ4v) is 5.14. The molecule has 0 fully saturated rings. The highest BCUT2D eigenvalue weighted by Gasteiger charge is 2.25. The Kier molecular flexibility index (Phi) is 29.2. The number of esters is 2. The van der Waals surface area contributed by atoms with Gasteiger partial charge in [-0.1, -0.05) is 115 Å². The van der Waals surface area contributed by atoms with Gasteiger partial charge in [0.25, 0.3) is 0 Å². The SMILES string of the molecule is CC/C=C\C/C=C\C/C=C\CCCCCCCC(=O)OC(COCCC(C(=O)[O-])[N+](C)(C)C)COC(=O)CCCCCCCCCC. The number of ether oxygens (including phenoxy) is 3. The van der Waals surface area contributed by atoms with Crippen molar-refractivity contribution in [1.82, 2.24) is 0 Å². The lowest BCUT2D eigenvalue weighted by atomic mass is 10.1. The Balaban J connectivity index is 4.45. The molecule has 2 atom stereocenters. The Morgan fingerprint density at radius 3 is 1.77 bits per heavy atom. The Hall–Kier alpha value is -2.45. The second kappa shape index (κ2) is 30.9. The molecular formula is C39H69NO7. The van der Waals surface area contributed by atoms with Crippen LogP contribution >= 0.6 is 0 Å². The van der Waals surface area contributed by atoms with Gasteiger partial charge in [-0.15, -0.1) is 0 Å². The molecule has 0 aromatic rings. The van der Waals surface area contributed by atoms with Crippen LogP contribution in [-0.4, -0.2) is 75.5 Å². The number of hydrogen-bond acceptors (Lipinski definition) is 7. The number of unbranched alkanes of at least 4 members (excludes halogenated alkanes) is 12. The van der Waals surface area contributed by atoms with Crippen LogP contribution in [0.5, 0.6) is 0 Å². The third-order valence-corrected chi connectivity index (χ3v) is 8.04. The van der Waals surface area contributed by atoms with Crippen LogP contribution in [0.2, 0.25) is 0 Å². The minimum absolute atomic E-state index is 0.0346. The summed E-state index contributed by atoms with van der Waals surface area (Å²) in [6.45, 7) is 4.48. The monoisotopic (exact) mass is 664 g/mol. The molecule has 272 valence electrons. The molecule has 0 amide bonds. The normalized spacial score (nSPS) is 13.5. The molecule has 0 aliphatic carbocycles. The lowest BCUT2D eigenvalue weighted by molar-refractivity contribution is -0.889. The molecule has 0 aliphatic rings. The van der Waals surface area contributed by atoms with Crippen molar-refractivity contribution < 1.29 is 38.2 Å². The van der Waals surface area contributed by atoms with Crippen molar-refractivity contribution in [2.75, 3.05) is 41.0 Å². The second-order valence-corrected chi connectivity index (χ2v) is 13.4. The summed E-state index contributed by atoms with van der Waals surface area (Å²) in [5.41, 5.74) is 0. The molecule has 0 saturated heterocycles. The number of likely N-dealkylation sites (N-methyl/N-ethyl adjacent to an activating group) is 1. The number of carbonyl (C=O) groups excluding carboxylic acids is 3. The van der Waals surface area contributed by atoms with Crippen molar-refractivity contribution in [2.45, 2.75) is 154 Å². The lowest BCUT2D eigenvalue weighted by Gasteiger charge is -2.34. The van der Waals surface area contributed by atoms with Crippen molar-refractivity contribution in [2.24, 2.45) is 0 Å². The zero-order valence-corrected chi connectivity index (χ0v) is 30.7. The average molecular weight is 664 g/mol. The van der Waals surface area contributed by atoms with Crippen LogP contribution in [0.3, 0.4) is 0 Å². The van der Waals surface area contributed by atoms with E-state index in [1.54, 1.807) is 21.1 Å². The highest BCUT2D eigenvalue weighted by atomic mass is 16.6. The zero-order valence-electron chi connectivity index (χ0n) is 30.7. The van der Waals surface area contributed by atoms with E-state index in [2.05, 4.69) is 50.3 Å². The third-order valence-electron chi connectivity index (χ3n) is 8.04. The fourth-order valence-electron chi connectivity index (χ4n) is 5.14. The molecule has 0 aromatic heterocycles. The van der Waals surface area contributed by atoms with E-state index in [1.807, 2.05) is 0 Å². The van der Waals surface area contributed by atoms with Crippen LogP contribution in [0.1, 0.15) is 142 Å². The molecule has 0 spiro atoms. The van der Waals surface area contributed by atoms with Gasteiger partial charge in [0.1, 0.15) is 12.6 Å². The van der Waals surface area contributed by atoms with Gasteiger partial charge < -0.3 is 28.6 Å². The molecule has 0 radical (unpaired) electrons. The zero-order chi connectivity index (χ0) is 35.0. The molecule has 0 N–H and O–H groups in total. The number of carboxylic acid groups (broad SMARTS) is 1. The third kappa shape index (κ3) is 29.4. The van der Waals surface area contributed by atoms with Crippen molar-refractivity contribution in [3.05, 3.63) is 36.5 Å². The van der Waals surface area contributed by atoms with Gasteiger partial charge in [-0.3, -0.25) is 9.59 Å².